The summed E-state index contributed by atoms with van der Waals surface area (Å²) in [6.07, 6.45) is -6.02. The van der Waals surface area contributed by atoms with Crippen molar-refractivity contribution in [1.82, 2.24) is 20.9 Å². The number of nitrogens with one attached hydrogen (secondary N) is 3. The van der Waals surface area contributed by atoms with Crippen molar-refractivity contribution < 1.29 is 113 Å². The van der Waals surface area contributed by atoms with Crippen molar-refractivity contribution in [3.63, 3.8) is 0 Å². The molecule has 0 aromatic heterocycles. The van der Waals surface area contributed by atoms with Gasteiger partial charge in [0.2, 0.25) is 32.9 Å². The lowest BCUT2D eigenvalue weighted by molar-refractivity contribution is -0.104. The van der Waals surface area contributed by atoms with Crippen LogP contribution in [0.2, 0.25) is 0 Å². The van der Waals surface area contributed by atoms with Gasteiger partial charge in [0.05, 0.1) is 41.5 Å². The lowest BCUT2D eigenvalue weighted by Gasteiger charge is -2.44. The number of carbonyl (C=O) groups is 3. The molecule has 9 aliphatic heterocycles. The Bertz CT molecular complexity index is 3590. The first-order valence-electron chi connectivity index (χ1n) is 28.0. The van der Waals surface area contributed by atoms with Crippen molar-refractivity contribution in [2.75, 3.05) is 40.8 Å². The maximum absolute atomic E-state index is 12.2. The summed E-state index contributed by atoms with van der Waals surface area (Å²) < 4.78 is 48.0. The van der Waals surface area contributed by atoms with Crippen molar-refractivity contribution in [2.45, 2.75) is 123 Å². The molecule has 4 aromatic carbocycles. The van der Waals surface area contributed by atoms with E-state index in [1.54, 1.807) is 31.4 Å². The lowest BCUT2D eigenvalue weighted by atomic mass is 9.72. The fraction of sp³-hybridized carbons (Fsp3) is 0.441. The van der Waals surface area contributed by atoms with Gasteiger partial charge in [0.25, 0.3) is 17.7 Å². The zero-order chi connectivity index (χ0) is 59.9. The molecule has 27 heteroatoms. The van der Waals surface area contributed by atoms with Crippen LogP contribution in [0.3, 0.4) is 0 Å². The van der Waals surface area contributed by atoms with Crippen molar-refractivity contribution >= 4 is 28.9 Å². The van der Waals surface area contributed by atoms with Crippen molar-refractivity contribution in [3.8, 4) is 51.7 Å². The van der Waals surface area contributed by atoms with Crippen molar-refractivity contribution in [1.29, 1.82) is 0 Å². The molecule has 454 valence electrons. The molecule has 18 unspecified atom stereocenters. The van der Waals surface area contributed by atoms with Crippen LogP contribution in [0.5, 0.6) is 51.7 Å². The number of rotatable bonds is 1. The summed E-state index contributed by atoms with van der Waals surface area (Å²) in [5, 5.41) is 117. The summed E-state index contributed by atoms with van der Waals surface area (Å²) in [5.74, 6) is 2.60. The van der Waals surface area contributed by atoms with Gasteiger partial charge < -0.3 is 115 Å². The van der Waals surface area contributed by atoms with Gasteiger partial charge in [-0.15, -0.1) is 0 Å². The Hall–Kier alpha value is -7.77. The summed E-state index contributed by atoms with van der Waals surface area (Å²) >= 11 is 0. The number of aliphatic hydroxyl groups is 10. The molecule has 4 aliphatic carbocycles. The monoisotopic (exact) mass is 1190 g/mol. The molecular formula is C59H60N4O23. The number of methoxy groups -OCH3 is 1. The molecule has 27 nitrogen and oxygen atoms in total. The van der Waals surface area contributed by atoms with Gasteiger partial charge in [-0.05, 0) is 106 Å². The summed E-state index contributed by atoms with van der Waals surface area (Å²) in [5.41, 5.74) is 7.48. The van der Waals surface area contributed by atoms with E-state index < -0.39 is 85.1 Å². The zero-order valence-corrected chi connectivity index (χ0v) is 45.5. The molecule has 18 atom stereocenters. The second-order valence-electron chi connectivity index (χ2n) is 23.0. The van der Waals surface area contributed by atoms with E-state index in [0.717, 1.165) is 31.0 Å². The summed E-state index contributed by atoms with van der Waals surface area (Å²) in [4.78, 5) is 39.1. The number of ether oxygens (including phenoxy) is 9. The van der Waals surface area contributed by atoms with E-state index in [0.29, 0.717) is 80.7 Å². The summed E-state index contributed by atoms with van der Waals surface area (Å²) in [6, 6.07) is 10.4. The predicted octanol–water partition coefficient (Wildman–Crippen LogP) is -1.78. The molecule has 2 bridgehead atoms. The minimum absolute atomic E-state index is 0.0115. The SMILES string of the molecule is COC1C=C2C3CN(Cc4cc5c(cc43)OCO5)C2CC1O.O=C1NC2C(=CC(O)C(O)C2O)c2cc3c(c(O)c21)OCO3.O=C1NC2C(=CC(O)C(O)C2O)c2cc3c(cc21)OCO3.O=C1NC2C(CC(O)C(O)C2O)c2cc3c(cc21)OCO3. The van der Waals surface area contributed by atoms with Crippen LogP contribution < -0.4 is 53.8 Å². The number of fused-ring (bicyclic) bond motifs is 20. The Labute approximate surface area is 487 Å². The number of carbonyl (C=O) groups excluding carboxylic acids is 3. The molecule has 3 amide bonds. The first-order chi connectivity index (χ1) is 41.3. The first kappa shape index (κ1) is 56.1. The normalized spacial score (nSPS) is 34.8. The van der Waals surface area contributed by atoms with Gasteiger partial charge in [-0.3, -0.25) is 19.3 Å². The Morgan fingerprint density at radius 1 is 0.512 bits per heavy atom. The number of benzene rings is 4. The van der Waals surface area contributed by atoms with Crippen LogP contribution in [0.1, 0.15) is 83.6 Å². The molecular weight excluding hydrogens is 1130 g/mol. The highest BCUT2D eigenvalue weighted by molar-refractivity contribution is 6.08. The first-order valence-corrected chi connectivity index (χ1v) is 28.0. The highest BCUT2D eigenvalue weighted by atomic mass is 16.7. The fourth-order valence-electron chi connectivity index (χ4n) is 13.9. The number of amides is 3. The Kier molecular flexibility index (Phi) is 13.9. The van der Waals surface area contributed by atoms with Crippen LogP contribution in [-0.4, -0.2) is 211 Å². The van der Waals surface area contributed by atoms with Gasteiger partial charge in [-0.2, -0.15) is 0 Å². The van der Waals surface area contributed by atoms with Gasteiger partial charge in [0.15, 0.2) is 46.0 Å². The standard InChI is InChI=1S/C17H19NO4.C14H13NO7.C14H15NO6.C14H13NO6/c1-20-15-4-11-12-7-18(13(11)5-14(15)19)6-9-2-16-17(3-10(9)12)22-8-21-16;16-6-1-5-4-2-7-13(22-3-21-7)11(18)8(4)14(20)15-9(5)12(19)10(6)17;2*16-8-1-6-5-2-9-10(21-4-20-9)3-7(5)14(19)15-11(6)13(18)12(8)17/h2-4,12-15,19H,5-8H2,1H3;1-2,6,9-10,12,16-19H,3H2,(H,15,20);2-3,6,8,11-13,16-18H,1,4H2,(H,15,19);1-3,8,11-13,16-18H,4H2,(H,15,19). The molecule has 4 aromatic rings. The third kappa shape index (κ3) is 9.06. The van der Waals surface area contributed by atoms with E-state index in [9.17, 15) is 70.6 Å². The van der Waals surface area contributed by atoms with Crippen LogP contribution in [-0.2, 0) is 11.3 Å². The number of phenolic OH excluding ortho intramolecular Hbond substituents is 1. The predicted molar refractivity (Wildman–Crippen MR) is 290 cm³/mol. The van der Waals surface area contributed by atoms with Crippen LogP contribution in [0.25, 0.3) is 11.1 Å². The molecule has 86 heavy (non-hydrogen) atoms. The van der Waals surface area contributed by atoms with E-state index in [2.05, 4.69) is 39.1 Å². The molecule has 13 aliphatic rings. The highest BCUT2D eigenvalue weighted by Gasteiger charge is 2.50. The maximum atomic E-state index is 12.2. The quantitative estimate of drug-likeness (QED) is 0.0937. The van der Waals surface area contributed by atoms with E-state index in [4.69, 9.17) is 42.6 Å². The van der Waals surface area contributed by atoms with Gasteiger partial charge in [-0.25, -0.2) is 0 Å². The molecule has 0 spiro atoms. The number of nitrogens with zero attached hydrogens (tertiary/aromatic N) is 1. The Morgan fingerprint density at radius 3 is 1.67 bits per heavy atom. The van der Waals surface area contributed by atoms with Crippen LogP contribution in [0, 0.1) is 0 Å². The lowest BCUT2D eigenvalue weighted by Crippen LogP contribution is -2.61. The van der Waals surface area contributed by atoms with Crippen LogP contribution >= 0.6 is 0 Å². The van der Waals surface area contributed by atoms with Gasteiger partial charge >= 0.3 is 0 Å². The van der Waals surface area contributed by atoms with Crippen molar-refractivity contribution in [3.05, 3.63) is 111 Å². The summed E-state index contributed by atoms with van der Waals surface area (Å²) in [7, 11) is 1.67. The molecule has 14 N–H and O–H groups in total. The largest absolute Gasteiger partial charge is 0.504 e. The molecule has 0 radical (unpaired) electrons. The molecule has 1 saturated carbocycles. The van der Waals surface area contributed by atoms with Crippen LogP contribution in [0.4, 0.5) is 0 Å². The minimum Gasteiger partial charge on any atom is -0.504 e. The fourth-order valence-corrected chi connectivity index (χ4v) is 13.9. The van der Waals surface area contributed by atoms with E-state index in [1.165, 1.54) is 34.9 Å². The Morgan fingerprint density at radius 2 is 1.03 bits per heavy atom. The second kappa shape index (κ2) is 21.3. The Balaban J connectivity index is 0.000000101. The summed E-state index contributed by atoms with van der Waals surface area (Å²) in [6.45, 7) is 2.38. The average molecular weight is 1190 g/mol. The average Bonchev–Trinajstić information content (AvgIpc) is 1.54. The molecule has 17 rings (SSSR count). The number of hydrogen-bond donors (Lipinski definition) is 14. The zero-order valence-electron chi connectivity index (χ0n) is 45.5. The third-order valence-corrected chi connectivity index (χ3v) is 18.3. The topological polar surface area (TPSA) is 396 Å². The molecule has 1 saturated heterocycles. The minimum atomic E-state index is -1.40. The van der Waals surface area contributed by atoms with Crippen molar-refractivity contribution in [2.24, 2.45) is 0 Å². The number of hydrogen-bond acceptors (Lipinski definition) is 24. The van der Waals surface area contributed by atoms with Gasteiger partial charge in [-0.1, -0.05) is 6.08 Å². The number of aromatic hydroxyl groups is 1. The molecule has 9 heterocycles. The highest BCUT2D eigenvalue weighted by Crippen LogP contribution is 2.52. The molecule has 2 fully saturated rings. The van der Waals surface area contributed by atoms with E-state index >= 15 is 0 Å². The second-order valence-corrected chi connectivity index (χ2v) is 23.0. The number of aliphatic hydroxyl groups excluding tert-OH is 10. The van der Waals surface area contributed by atoms with E-state index in [-0.39, 0.29) is 73.4 Å². The van der Waals surface area contributed by atoms with Crippen LogP contribution in [0.15, 0.2) is 66.3 Å². The number of phenols is 1. The van der Waals surface area contributed by atoms with Gasteiger partial charge in [0, 0.05) is 49.2 Å². The maximum Gasteiger partial charge on any atom is 0.256 e. The van der Waals surface area contributed by atoms with Gasteiger partial charge in [0.1, 0.15) is 54.9 Å². The third-order valence-electron chi connectivity index (χ3n) is 18.3. The smallest absolute Gasteiger partial charge is 0.256 e. The van der Waals surface area contributed by atoms with E-state index in [1.807, 2.05) is 0 Å².